The molecule has 3 nitrogen and oxygen atoms in total. The van der Waals surface area contributed by atoms with Crippen molar-refractivity contribution < 1.29 is 9.53 Å². The molecule has 0 fully saturated rings. The van der Waals surface area contributed by atoms with E-state index in [0.29, 0.717) is 21.5 Å². The second-order valence-electron chi connectivity index (χ2n) is 6.11. The minimum Gasteiger partial charge on any atom is -0.483 e. The van der Waals surface area contributed by atoms with Crippen molar-refractivity contribution in [3.63, 3.8) is 0 Å². The quantitative estimate of drug-likeness (QED) is 0.732. The fourth-order valence-electron chi connectivity index (χ4n) is 2.30. The summed E-state index contributed by atoms with van der Waals surface area (Å²) < 4.78 is 5.72. The van der Waals surface area contributed by atoms with E-state index in [0.717, 1.165) is 16.7 Å². The van der Waals surface area contributed by atoms with Crippen molar-refractivity contribution in [2.24, 2.45) is 0 Å². The Bertz CT molecular complexity index is 757. The molecule has 0 spiro atoms. The molecule has 0 aliphatic carbocycles. The van der Waals surface area contributed by atoms with Gasteiger partial charge in [0.25, 0.3) is 5.91 Å². The van der Waals surface area contributed by atoms with Gasteiger partial charge in [-0.05, 0) is 60.7 Å². The molecule has 0 aromatic heterocycles. The first-order valence-electron chi connectivity index (χ1n) is 7.76. The van der Waals surface area contributed by atoms with Crippen molar-refractivity contribution in [2.75, 3.05) is 11.9 Å². The van der Waals surface area contributed by atoms with Crippen LogP contribution in [0.1, 0.15) is 36.5 Å². The molecule has 0 heterocycles. The van der Waals surface area contributed by atoms with Gasteiger partial charge in [0.15, 0.2) is 6.61 Å². The third-order valence-corrected chi connectivity index (χ3v) is 4.39. The molecule has 0 radical (unpaired) electrons. The fourth-order valence-corrected chi connectivity index (χ4v) is 2.75. The van der Waals surface area contributed by atoms with Gasteiger partial charge in [0.1, 0.15) is 5.75 Å². The van der Waals surface area contributed by atoms with Gasteiger partial charge in [0, 0.05) is 5.02 Å². The van der Waals surface area contributed by atoms with Gasteiger partial charge in [0.2, 0.25) is 0 Å². The molecule has 2 rings (SSSR count). The van der Waals surface area contributed by atoms with Crippen LogP contribution in [0.4, 0.5) is 5.69 Å². The zero-order valence-electron chi connectivity index (χ0n) is 14.2. The van der Waals surface area contributed by atoms with Crippen molar-refractivity contribution >= 4 is 34.8 Å². The second kappa shape index (κ2) is 7.91. The first kappa shape index (κ1) is 18.6. The van der Waals surface area contributed by atoms with Crippen molar-refractivity contribution in [3.8, 4) is 5.75 Å². The molecule has 128 valence electrons. The number of benzene rings is 2. The Labute approximate surface area is 152 Å². The lowest BCUT2D eigenvalue weighted by Gasteiger charge is -2.16. The molecule has 2 aromatic carbocycles. The van der Waals surface area contributed by atoms with Crippen LogP contribution in [-0.2, 0) is 4.79 Å². The number of halogens is 2. The van der Waals surface area contributed by atoms with Gasteiger partial charge < -0.3 is 10.1 Å². The number of carbonyl (C=O) groups is 1. The van der Waals surface area contributed by atoms with Gasteiger partial charge in [-0.3, -0.25) is 4.79 Å². The number of aryl methyl sites for hydroxylation is 2. The van der Waals surface area contributed by atoms with E-state index < -0.39 is 0 Å². The van der Waals surface area contributed by atoms with Crippen LogP contribution in [0, 0.1) is 13.8 Å². The molecule has 1 N–H and O–H groups in total. The highest BCUT2D eigenvalue weighted by Gasteiger charge is 2.13. The molecule has 5 heteroatoms. The second-order valence-corrected chi connectivity index (χ2v) is 6.93. The normalized spacial score (nSPS) is 10.8. The molecule has 0 aliphatic heterocycles. The Morgan fingerprint density at radius 1 is 1.12 bits per heavy atom. The highest BCUT2D eigenvalue weighted by molar-refractivity contribution is 6.33. The van der Waals surface area contributed by atoms with Gasteiger partial charge in [-0.1, -0.05) is 43.1 Å². The molecular weight excluding hydrogens is 345 g/mol. The lowest BCUT2D eigenvalue weighted by Crippen LogP contribution is -2.21. The van der Waals surface area contributed by atoms with Crippen LogP contribution in [-0.4, -0.2) is 12.5 Å². The summed E-state index contributed by atoms with van der Waals surface area (Å²) in [5, 5.41) is 3.96. The fraction of sp³-hybridized carbons (Fsp3) is 0.316. The van der Waals surface area contributed by atoms with Crippen LogP contribution in [0.5, 0.6) is 5.75 Å². The summed E-state index contributed by atoms with van der Waals surface area (Å²) in [6.07, 6.45) is 0. The molecule has 0 saturated heterocycles. The largest absolute Gasteiger partial charge is 0.483 e. The van der Waals surface area contributed by atoms with Crippen LogP contribution in [0.15, 0.2) is 30.3 Å². The van der Waals surface area contributed by atoms with Crippen molar-refractivity contribution in [1.82, 2.24) is 0 Å². The van der Waals surface area contributed by atoms with E-state index in [1.807, 2.05) is 32.0 Å². The zero-order chi connectivity index (χ0) is 17.9. The van der Waals surface area contributed by atoms with Gasteiger partial charge >= 0.3 is 0 Å². The summed E-state index contributed by atoms with van der Waals surface area (Å²) in [6.45, 7) is 7.87. The van der Waals surface area contributed by atoms with Crippen molar-refractivity contribution in [3.05, 3.63) is 57.1 Å². The van der Waals surface area contributed by atoms with Gasteiger partial charge in [-0.15, -0.1) is 0 Å². The minimum atomic E-state index is -0.261. The maximum atomic E-state index is 12.1. The minimum absolute atomic E-state index is 0.0923. The molecule has 24 heavy (non-hydrogen) atoms. The third-order valence-electron chi connectivity index (χ3n) is 3.67. The van der Waals surface area contributed by atoms with E-state index in [4.69, 9.17) is 27.9 Å². The van der Waals surface area contributed by atoms with E-state index in [9.17, 15) is 4.79 Å². The number of hydrogen-bond donors (Lipinski definition) is 1. The van der Waals surface area contributed by atoms with Gasteiger partial charge in [0.05, 0.1) is 10.7 Å². The maximum absolute atomic E-state index is 12.1. The Hall–Kier alpha value is -1.71. The van der Waals surface area contributed by atoms with Crippen LogP contribution < -0.4 is 10.1 Å². The summed E-state index contributed by atoms with van der Waals surface area (Å²) in [5.74, 6) is 0.660. The number of hydrogen-bond acceptors (Lipinski definition) is 2. The number of rotatable bonds is 5. The summed E-state index contributed by atoms with van der Waals surface area (Å²) in [6, 6.07) is 9.23. The van der Waals surface area contributed by atoms with E-state index in [2.05, 4.69) is 19.2 Å². The number of ether oxygens (including phenoxy) is 1. The number of carbonyl (C=O) groups excluding carboxylic acids is 1. The van der Waals surface area contributed by atoms with Gasteiger partial charge in [-0.2, -0.15) is 0 Å². The lowest BCUT2D eigenvalue weighted by molar-refractivity contribution is -0.118. The van der Waals surface area contributed by atoms with E-state index in [1.54, 1.807) is 12.1 Å². The average Bonchev–Trinajstić information content (AvgIpc) is 2.50. The molecule has 0 unspecified atom stereocenters. The van der Waals surface area contributed by atoms with Gasteiger partial charge in [-0.25, -0.2) is 0 Å². The van der Waals surface area contributed by atoms with Crippen molar-refractivity contribution in [1.29, 1.82) is 0 Å². The summed E-state index contributed by atoms with van der Waals surface area (Å²) in [7, 11) is 0. The van der Waals surface area contributed by atoms with Crippen LogP contribution >= 0.6 is 23.2 Å². The van der Waals surface area contributed by atoms with Crippen LogP contribution in [0.3, 0.4) is 0 Å². The van der Waals surface area contributed by atoms with E-state index in [-0.39, 0.29) is 18.4 Å². The van der Waals surface area contributed by atoms with E-state index >= 15 is 0 Å². The highest BCUT2D eigenvalue weighted by atomic mass is 35.5. The summed E-state index contributed by atoms with van der Waals surface area (Å²) in [5.41, 5.74) is 3.50. The summed E-state index contributed by atoms with van der Waals surface area (Å²) in [4.78, 5) is 12.1. The molecule has 0 saturated carbocycles. The Morgan fingerprint density at radius 2 is 1.83 bits per heavy atom. The molecule has 2 aromatic rings. The number of amides is 1. The summed E-state index contributed by atoms with van der Waals surface area (Å²) >= 11 is 12.3. The standard InChI is InChI=1S/C19H21Cl2NO2/c1-11(2)14-9-15(20)13(4)8-18(14)24-10-19(23)22-17-6-5-12(3)7-16(17)21/h5-9,11H,10H2,1-4H3,(H,22,23). The van der Waals surface area contributed by atoms with Crippen LogP contribution in [0.2, 0.25) is 10.0 Å². The zero-order valence-corrected chi connectivity index (χ0v) is 15.8. The average molecular weight is 366 g/mol. The topological polar surface area (TPSA) is 38.3 Å². The predicted octanol–water partition coefficient (Wildman–Crippen LogP) is 5.75. The first-order valence-corrected chi connectivity index (χ1v) is 8.52. The van der Waals surface area contributed by atoms with Crippen molar-refractivity contribution in [2.45, 2.75) is 33.6 Å². The molecule has 0 atom stereocenters. The molecule has 0 bridgehead atoms. The molecule has 1 amide bonds. The van der Waals surface area contributed by atoms with Crippen LogP contribution in [0.25, 0.3) is 0 Å². The predicted molar refractivity (Wildman–Crippen MR) is 101 cm³/mol. The maximum Gasteiger partial charge on any atom is 0.262 e. The number of nitrogens with one attached hydrogen (secondary N) is 1. The highest BCUT2D eigenvalue weighted by Crippen LogP contribution is 2.32. The monoisotopic (exact) mass is 365 g/mol. The Morgan fingerprint density at radius 3 is 2.46 bits per heavy atom. The lowest BCUT2D eigenvalue weighted by atomic mass is 10.0. The SMILES string of the molecule is Cc1ccc(NC(=O)COc2cc(C)c(Cl)cc2C(C)C)c(Cl)c1. The number of anilines is 1. The Kier molecular flexibility index (Phi) is 6.14. The third kappa shape index (κ3) is 4.65. The molecular formula is C19H21Cl2NO2. The Balaban J connectivity index is 2.07. The smallest absolute Gasteiger partial charge is 0.262 e. The first-order chi connectivity index (χ1) is 11.3. The molecule has 0 aliphatic rings. The van der Waals surface area contributed by atoms with E-state index in [1.165, 1.54) is 0 Å².